The summed E-state index contributed by atoms with van der Waals surface area (Å²) >= 11 is 0. The third kappa shape index (κ3) is 4.14. The first-order chi connectivity index (χ1) is 9.97. The van der Waals surface area contributed by atoms with Crippen molar-refractivity contribution in [3.63, 3.8) is 0 Å². The smallest absolute Gasteiger partial charge is 0.241 e. The van der Waals surface area contributed by atoms with Crippen molar-refractivity contribution in [2.75, 3.05) is 18.4 Å². The first-order valence-corrected chi connectivity index (χ1v) is 7.63. The van der Waals surface area contributed by atoms with Gasteiger partial charge in [0.15, 0.2) is 5.78 Å². The zero-order chi connectivity index (χ0) is 15.4. The van der Waals surface area contributed by atoms with Crippen LogP contribution in [-0.4, -0.2) is 35.7 Å². The molecule has 1 atom stereocenters. The Labute approximate surface area is 126 Å². The molecular formula is C17H24N2O2. The van der Waals surface area contributed by atoms with Crippen molar-refractivity contribution in [1.82, 2.24) is 4.90 Å². The fourth-order valence-corrected chi connectivity index (χ4v) is 2.64. The van der Waals surface area contributed by atoms with E-state index in [1.165, 1.54) is 6.92 Å². The van der Waals surface area contributed by atoms with Gasteiger partial charge in [0, 0.05) is 11.3 Å². The number of likely N-dealkylation sites (tertiary alicyclic amines) is 1. The first kappa shape index (κ1) is 15.7. The van der Waals surface area contributed by atoms with E-state index in [1.807, 2.05) is 13.0 Å². The van der Waals surface area contributed by atoms with Crippen LogP contribution in [0, 0.1) is 5.92 Å². The predicted molar refractivity (Wildman–Crippen MR) is 84.5 cm³/mol. The molecule has 1 aromatic rings. The van der Waals surface area contributed by atoms with Crippen molar-refractivity contribution in [2.24, 2.45) is 5.92 Å². The maximum atomic E-state index is 12.3. The van der Waals surface area contributed by atoms with Crippen molar-refractivity contribution in [3.05, 3.63) is 29.8 Å². The standard InChI is InChI=1S/C17H24N2O2/c1-12-7-9-19(10-8-12)13(2)17(21)18-16-6-4-5-15(11-16)14(3)20/h4-6,11-13H,7-10H2,1-3H3,(H,18,21)/t13-/m1/s1. The second kappa shape index (κ2) is 6.85. The maximum absolute atomic E-state index is 12.3. The quantitative estimate of drug-likeness (QED) is 0.867. The van der Waals surface area contributed by atoms with Crippen molar-refractivity contribution in [2.45, 2.75) is 39.7 Å². The van der Waals surface area contributed by atoms with Crippen LogP contribution >= 0.6 is 0 Å². The Hall–Kier alpha value is -1.68. The number of anilines is 1. The molecule has 21 heavy (non-hydrogen) atoms. The Kier molecular flexibility index (Phi) is 5.12. The highest BCUT2D eigenvalue weighted by molar-refractivity contribution is 5.98. The fourth-order valence-electron chi connectivity index (χ4n) is 2.64. The van der Waals surface area contributed by atoms with E-state index in [1.54, 1.807) is 18.2 Å². The molecule has 0 unspecified atom stereocenters. The summed E-state index contributed by atoms with van der Waals surface area (Å²) in [5.41, 5.74) is 1.30. The SMILES string of the molecule is CC(=O)c1cccc(NC(=O)[C@@H](C)N2CCC(C)CC2)c1. The summed E-state index contributed by atoms with van der Waals surface area (Å²) in [5.74, 6) is 0.748. The minimum absolute atomic E-state index is 0.00386. The van der Waals surface area contributed by atoms with Crippen LogP contribution in [0.1, 0.15) is 44.0 Å². The minimum atomic E-state index is -0.140. The maximum Gasteiger partial charge on any atom is 0.241 e. The van der Waals surface area contributed by atoms with Gasteiger partial charge in [0.1, 0.15) is 0 Å². The Bertz CT molecular complexity index is 519. The molecule has 1 aromatic carbocycles. The molecule has 0 aliphatic carbocycles. The number of ketones is 1. The van der Waals surface area contributed by atoms with E-state index in [4.69, 9.17) is 0 Å². The number of hydrogen-bond acceptors (Lipinski definition) is 3. The van der Waals surface area contributed by atoms with E-state index in [0.717, 1.165) is 31.8 Å². The van der Waals surface area contributed by atoms with Crippen molar-refractivity contribution < 1.29 is 9.59 Å². The molecule has 1 amide bonds. The molecule has 0 spiro atoms. The summed E-state index contributed by atoms with van der Waals surface area (Å²) in [6.45, 7) is 7.68. The number of benzene rings is 1. The number of Topliss-reactive ketones (excluding diaryl/α,β-unsaturated/α-hetero) is 1. The molecule has 1 saturated heterocycles. The number of carbonyl (C=O) groups is 2. The highest BCUT2D eigenvalue weighted by Crippen LogP contribution is 2.19. The number of amides is 1. The van der Waals surface area contributed by atoms with E-state index in [9.17, 15) is 9.59 Å². The van der Waals surface area contributed by atoms with Gasteiger partial charge in [-0.2, -0.15) is 0 Å². The van der Waals surface area contributed by atoms with E-state index in [0.29, 0.717) is 11.3 Å². The molecule has 1 aliphatic heterocycles. The van der Waals surface area contributed by atoms with Gasteiger partial charge in [-0.1, -0.05) is 19.1 Å². The second-order valence-corrected chi connectivity index (χ2v) is 6.02. The topological polar surface area (TPSA) is 49.4 Å². The van der Waals surface area contributed by atoms with Crippen molar-refractivity contribution >= 4 is 17.4 Å². The monoisotopic (exact) mass is 288 g/mol. The Morgan fingerprint density at radius 2 is 1.95 bits per heavy atom. The number of hydrogen-bond donors (Lipinski definition) is 1. The lowest BCUT2D eigenvalue weighted by Crippen LogP contribution is -2.45. The van der Waals surface area contributed by atoms with E-state index in [-0.39, 0.29) is 17.7 Å². The Morgan fingerprint density at radius 1 is 1.29 bits per heavy atom. The minimum Gasteiger partial charge on any atom is -0.325 e. The first-order valence-electron chi connectivity index (χ1n) is 7.63. The summed E-state index contributed by atoms with van der Waals surface area (Å²) in [6.07, 6.45) is 2.30. The molecule has 0 aromatic heterocycles. The van der Waals surface area contributed by atoms with Gasteiger partial charge in [0.2, 0.25) is 5.91 Å². The Morgan fingerprint density at radius 3 is 2.57 bits per heavy atom. The van der Waals surface area contributed by atoms with Crippen LogP contribution in [0.4, 0.5) is 5.69 Å². The van der Waals surface area contributed by atoms with E-state index < -0.39 is 0 Å². The number of piperidine rings is 1. The lowest BCUT2D eigenvalue weighted by molar-refractivity contribution is -0.121. The fraction of sp³-hybridized carbons (Fsp3) is 0.529. The van der Waals surface area contributed by atoms with Crippen molar-refractivity contribution in [3.8, 4) is 0 Å². The summed E-state index contributed by atoms with van der Waals surface area (Å²) in [6, 6.07) is 6.95. The van der Waals surface area contributed by atoms with E-state index >= 15 is 0 Å². The lowest BCUT2D eigenvalue weighted by Gasteiger charge is -2.34. The molecule has 4 heteroatoms. The van der Waals surface area contributed by atoms with Gasteiger partial charge in [-0.3, -0.25) is 14.5 Å². The van der Waals surface area contributed by atoms with Crippen LogP contribution in [0.15, 0.2) is 24.3 Å². The van der Waals surface area contributed by atoms with Crippen molar-refractivity contribution in [1.29, 1.82) is 0 Å². The molecule has 1 fully saturated rings. The molecule has 1 aliphatic rings. The molecule has 1 heterocycles. The lowest BCUT2D eigenvalue weighted by atomic mass is 9.98. The number of carbonyl (C=O) groups excluding carboxylic acids is 2. The van der Waals surface area contributed by atoms with Crippen LogP contribution < -0.4 is 5.32 Å². The molecule has 0 saturated carbocycles. The number of nitrogens with one attached hydrogen (secondary N) is 1. The summed E-state index contributed by atoms with van der Waals surface area (Å²) in [5, 5.41) is 2.91. The van der Waals surface area contributed by atoms with Gasteiger partial charge < -0.3 is 5.32 Å². The van der Waals surface area contributed by atoms with E-state index in [2.05, 4.69) is 17.1 Å². The van der Waals surface area contributed by atoms with Gasteiger partial charge >= 0.3 is 0 Å². The van der Waals surface area contributed by atoms with Gasteiger partial charge in [-0.25, -0.2) is 0 Å². The summed E-state index contributed by atoms with van der Waals surface area (Å²) in [4.78, 5) is 25.9. The highest BCUT2D eigenvalue weighted by atomic mass is 16.2. The summed E-state index contributed by atoms with van der Waals surface area (Å²) in [7, 11) is 0. The van der Waals surface area contributed by atoms with Gasteiger partial charge in [-0.15, -0.1) is 0 Å². The summed E-state index contributed by atoms with van der Waals surface area (Å²) < 4.78 is 0. The number of rotatable bonds is 4. The third-order valence-corrected chi connectivity index (χ3v) is 4.28. The predicted octanol–water partition coefficient (Wildman–Crippen LogP) is 2.95. The van der Waals surface area contributed by atoms with Crippen LogP contribution in [-0.2, 0) is 4.79 Å². The third-order valence-electron chi connectivity index (χ3n) is 4.28. The van der Waals surface area contributed by atoms with Gasteiger partial charge in [-0.05, 0) is 57.8 Å². The average Bonchev–Trinajstić information content (AvgIpc) is 2.47. The molecule has 0 radical (unpaired) electrons. The van der Waals surface area contributed by atoms with Crippen LogP contribution in [0.5, 0.6) is 0 Å². The van der Waals surface area contributed by atoms with Gasteiger partial charge in [0.25, 0.3) is 0 Å². The molecule has 114 valence electrons. The molecule has 0 bridgehead atoms. The largest absolute Gasteiger partial charge is 0.325 e. The Balaban J connectivity index is 1.97. The number of nitrogens with zero attached hydrogens (tertiary/aromatic N) is 1. The normalized spacial score (nSPS) is 18.2. The molecule has 2 rings (SSSR count). The second-order valence-electron chi connectivity index (χ2n) is 6.02. The molecular weight excluding hydrogens is 264 g/mol. The highest BCUT2D eigenvalue weighted by Gasteiger charge is 2.25. The molecule has 1 N–H and O–H groups in total. The molecule has 4 nitrogen and oxygen atoms in total. The van der Waals surface area contributed by atoms with Gasteiger partial charge in [0.05, 0.1) is 6.04 Å². The zero-order valence-corrected chi connectivity index (χ0v) is 13.1. The zero-order valence-electron chi connectivity index (χ0n) is 13.1. The van der Waals surface area contributed by atoms with Crippen LogP contribution in [0.2, 0.25) is 0 Å². The van der Waals surface area contributed by atoms with Crippen LogP contribution in [0.25, 0.3) is 0 Å². The average molecular weight is 288 g/mol. The van der Waals surface area contributed by atoms with Crippen LogP contribution in [0.3, 0.4) is 0 Å².